The second kappa shape index (κ2) is 3.37. The normalized spacial score (nSPS) is 10.1. The third-order valence-electron chi connectivity index (χ3n) is 1.55. The average molecular weight is 240 g/mol. The van der Waals surface area contributed by atoms with Crippen LogP contribution in [0.3, 0.4) is 0 Å². The summed E-state index contributed by atoms with van der Waals surface area (Å²) in [7, 11) is 0. The van der Waals surface area contributed by atoms with E-state index in [0.29, 0.717) is 0 Å². The zero-order valence-corrected chi connectivity index (χ0v) is 8.60. The van der Waals surface area contributed by atoms with Crippen molar-refractivity contribution in [3.63, 3.8) is 0 Å². The minimum Gasteiger partial charge on any atom is -0.245 e. The number of thiazole rings is 1. The topological polar surface area (TPSA) is 12.9 Å². The predicted molar refractivity (Wildman–Crippen MR) is 55.3 cm³/mol. The van der Waals surface area contributed by atoms with E-state index in [9.17, 15) is 0 Å². The molecule has 0 unspecified atom stereocenters. The van der Waals surface area contributed by atoms with Crippen molar-refractivity contribution in [2.24, 2.45) is 0 Å². The Kier molecular flexibility index (Phi) is 2.23. The van der Waals surface area contributed by atoms with Crippen LogP contribution in [0.2, 0.25) is 0 Å². The van der Waals surface area contributed by atoms with Gasteiger partial charge in [0.25, 0.3) is 0 Å². The Bertz CT molecular complexity index is 370. The monoisotopic (exact) mass is 239 g/mol. The maximum absolute atomic E-state index is 4.23. The highest BCUT2D eigenvalue weighted by Crippen LogP contribution is 2.22. The molecule has 2 aromatic rings. The molecule has 0 saturated heterocycles. The lowest BCUT2D eigenvalue weighted by Gasteiger charge is -1.95. The summed E-state index contributed by atoms with van der Waals surface area (Å²) in [4.78, 5) is 4.23. The molecule has 1 aromatic carbocycles. The lowest BCUT2D eigenvalue weighted by atomic mass is 10.2. The van der Waals surface area contributed by atoms with Gasteiger partial charge in [-0.25, -0.2) is 4.98 Å². The number of hydrogen-bond acceptors (Lipinski definition) is 2. The second-order valence-corrected chi connectivity index (χ2v) is 4.02. The van der Waals surface area contributed by atoms with Gasteiger partial charge in [-0.05, 0) is 12.1 Å². The minimum atomic E-state index is 1.04. The lowest BCUT2D eigenvalue weighted by Crippen LogP contribution is -1.75. The van der Waals surface area contributed by atoms with Crippen LogP contribution in [-0.2, 0) is 0 Å². The van der Waals surface area contributed by atoms with Crippen LogP contribution in [0, 0.1) is 0 Å². The number of rotatable bonds is 1. The highest BCUT2D eigenvalue weighted by atomic mass is 79.9. The lowest BCUT2D eigenvalue weighted by molar-refractivity contribution is 1.41. The van der Waals surface area contributed by atoms with Gasteiger partial charge in [0, 0.05) is 15.4 Å². The van der Waals surface area contributed by atoms with E-state index in [1.54, 1.807) is 11.3 Å². The van der Waals surface area contributed by atoms with Crippen LogP contribution in [0.5, 0.6) is 0 Å². The van der Waals surface area contributed by atoms with E-state index in [2.05, 4.69) is 33.0 Å². The number of aromatic nitrogens is 1. The Labute approximate surface area is 83.2 Å². The summed E-state index contributed by atoms with van der Waals surface area (Å²) in [6, 6.07) is 8.14. The summed E-state index contributed by atoms with van der Waals surface area (Å²) in [5.74, 6) is 0. The quantitative estimate of drug-likeness (QED) is 0.742. The van der Waals surface area contributed by atoms with E-state index in [-0.39, 0.29) is 0 Å². The van der Waals surface area contributed by atoms with Gasteiger partial charge >= 0.3 is 0 Å². The molecule has 0 aliphatic carbocycles. The standard InChI is InChI=1S/C9H6BrNS/c10-8-3-1-2-7(4-8)9-5-12-6-11-9/h1-6H. The minimum absolute atomic E-state index is 1.04. The zero-order chi connectivity index (χ0) is 8.39. The summed E-state index contributed by atoms with van der Waals surface area (Å²) in [6.07, 6.45) is 0. The number of benzene rings is 1. The fourth-order valence-electron chi connectivity index (χ4n) is 1.00. The summed E-state index contributed by atoms with van der Waals surface area (Å²) >= 11 is 5.04. The summed E-state index contributed by atoms with van der Waals surface area (Å²) in [5, 5.41) is 2.04. The zero-order valence-electron chi connectivity index (χ0n) is 6.20. The molecule has 0 aliphatic heterocycles. The van der Waals surface area contributed by atoms with E-state index in [0.717, 1.165) is 15.7 Å². The van der Waals surface area contributed by atoms with E-state index in [4.69, 9.17) is 0 Å². The molecule has 0 atom stereocenters. The van der Waals surface area contributed by atoms with Crippen molar-refractivity contribution in [1.29, 1.82) is 0 Å². The van der Waals surface area contributed by atoms with Crippen molar-refractivity contribution in [2.75, 3.05) is 0 Å². The van der Waals surface area contributed by atoms with Gasteiger partial charge in [0.2, 0.25) is 0 Å². The Morgan fingerprint density at radius 3 is 2.92 bits per heavy atom. The molecule has 1 nitrogen and oxygen atoms in total. The molecule has 0 fully saturated rings. The van der Waals surface area contributed by atoms with E-state index in [1.165, 1.54) is 0 Å². The first-order valence-corrected chi connectivity index (χ1v) is 5.24. The molecular weight excluding hydrogens is 234 g/mol. The molecule has 0 radical (unpaired) electrons. The van der Waals surface area contributed by atoms with Crippen LogP contribution in [0.4, 0.5) is 0 Å². The molecule has 0 N–H and O–H groups in total. The highest BCUT2D eigenvalue weighted by molar-refractivity contribution is 9.10. The van der Waals surface area contributed by atoms with Gasteiger partial charge in [-0.3, -0.25) is 0 Å². The van der Waals surface area contributed by atoms with Crippen molar-refractivity contribution in [3.8, 4) is 11.3 Å². The van der Waals surface area contributed by atoms with Gasteiger partial charge in [0.05, 0.1) is 11.2 Å². The fourth-order valence-corrected chi connectivity index (χ4v) is 1.96. The third kappa shape index (κ3) is 1.57. The summed E-state index contributed by atoms with van der Waals surface area (Å²) in [6.45, 7) is 0. The summed E-state index contributed by atoms with van der Waals surface area (Å²) < 4.78 is 1.09. The molecule has 0 amide bonds. The first kappa shape index (κ1) is 7.95. The molecule has 0 aliphatic rings. The van der Waals surface area contributed by atoms with Gasteiger partial charge in [0.1, 0.15) is 0 Å². The van der Waals surface area contributed by atoms with Gasteiger partial charge in [-0.15, -0.1) is 11.3 Å². The van der Waals surface area contributed by atoms with Crippen molar-refractivity contribution >= 4 is 27.3 Å². The Hall–Kier alpha value is -0.670. The molecule has 0 spiro atoms. The molecule has 0 saturated carbocycles. The predicted octanol–water partition coefficient (Wildman–Crippen LogP) is 3.57. The maximum atomic E-state index is 4.23. The van der Waals surface area contributed by atoms with Crippen molar-refractivity contribution in [3.05, 3.63) is 39.6 Å². The Morgan fingerprint density at radius 1 is 1.33 bits per heavy atom. The number of nitrogens with zero attached hydrogens (tertiary/aromatic N) is 1. The maximum Gasteiger partial charge on any atom is 0.0811 e. The highest BCUT2D eigenvalue weighted by Gasteiger charge is 1.98. The fraction of sp³-hybridized carbons (Fsp3) is 0. The van der Waals surface area contributed by atoms with Gasteiger partial charge in [0.15, 0.2) is 0 Å². The Morgan fingerprint density at radius 2 is 2.25 bits per heavy atom. The Balaban J connectivity index is 2.48. The van der Waals surface area contributed by atoms with Gasteiger partial charge < -0.3 is 0 Å². The van der Waals surface area contributed by atoms with Crippen LogP contribution < -0.4 is 0 Å². The van der Waals surface area contributed by atoms with Crippen molar-refractivity contribution < 1.29 is 0 Å². The molecule has 60 valence electrons. The van der Waals surface area contributed by atoms with Crippen molar-refractivity contribution in [2.45, 2.75) is 0 Å². The van der Waals surface area contributed by atoms with Crippen molar-refractivity contribution in [1.82, 2.24) is 4.98 Å². The van der Waals surface area contributed by atoms with E-state index in [1.807, 2.05) is 23.0 Å². The van der Waals surface area contributed by atoms with Crippen LogP contribution >= 0.6 is 27.3 Å². The van der Waals surface area contributed by atoms with Crippen LogP contribution in [0.1, 0.15) is 0 Å². The summed E-state index contributed by atoms with van der Waals surface area (Å²) in [5.41, 5.74) is 4.04. The molecular formula is C9H6BrNS. The van der Waals surface area contributed by atoms with E-state index < -0.39 is 0 Å². The molecule has 2 rings (SSSR count). The van der Waals surface area contributed by atoms with Crippen LogP contribution in [-0.4, -0.2) is 4.98 Å². The molecule has 0 bridgehead atoms. The first-order chi connectivity index (χ1) is 5.86. The smallest absolute Gasteiger partial charge is 0.0811 e. The molecule has 12 heavy (non-hydrogen) atoms. The average Bonchev–Trinajstić information content (AvgIpc) is 2.56. The first-order valence-electron chi connectivity index (χ1n) is 3.50. The van der Waals surface area contributed by atoms with E-state index >= 15 is 0 Å². The molecule has 1 heterocycles. The molecule has 1 aromatic heterocycles. The van der Waals surface area contributed by atoms with Gasteiger partial charge in [-0.2, -0.15) is 0 Å². The third-order valence-corrected chi connectivity index (χ3v) is 2.63. The second-order valence-electron chi connectivity index (χ2n) is 2.38. The molecule has 3 heteroatoms. The van der Waals surface area contributed by atoms with Crippen LogP contribution in [0.15, 0.2) is 39.6 Å². The number of hydrogen-bond donors (Lipinski definition) is 0. The SMILES string of the molecule is Brc1cccc(-c2cscn2)c1. The number of halogens is 1. The van der Waals surface area contributed by atoms with Gasteiger partial charge in [-0.1, -0.05) is 28.1 Å². The van der Waals surface area contributed by atoms with Crippen LogP contribution in [0.25, 0.3) is 11.3 Å². The largest absolute Gasteiger partial charge is 0.245 e.